The van der Waals surface area contributed by atoms with Gasteiger partial charge in [0, 0.05) is 19.6 Å². The fraction of sp³-hybridized carbons (Fsp3) is 0.667. The largest absolute Gasteiger partial charge is 0.443 e. The van der Waals surface area contributed by atoms with Gasteiger partial charge in [0.2, 0.25) is 0 Å². The Labute approximate surface area is 157 Å². The van der Waals surface area contributed by atoms with E-state index in [9.17, 15) is 4.79 Å². The molecule has 0 saturated carbocycles. The number of nitrogens with zero attached hydrogens (tertiary/aromatic N) is 2. The molecule has 0 spiro atoms. The molecule has 26 heavy (non-hydrogen) atoms. The number of rotatable bonds is 8. The van der Waals surface area contributed by atoms with Crippen molar-refractivity contribution in [3.63, 3.8) is 0 Å². The smallest absolute Gasteiger partial charge is 0.339 e. The molecule has 1 aromatic rings. The summed E-state index contributed by atoms with van der Waals surface area (Å²) in [5.74, 6) is -0.319. The molecule has 2 fully saturated rings. The van der Waals surface area contributed by atoms with Crippen LogP contribution in [0.4, 0.5) is 0 Å². The molecule has 0 bridgehead atoms. The Morgan fingerprint density at radius 1 is 1.19 bits per heavy atom. The fourth-order valence-electron chi connectivity index (χ4n) is 4.13. The van der Waals surface area contributed by atoms with E-state index in [0.717, 1.165) is 38.8 Å². The highest BCUT2D eigenvalue weighted by atomic mass is 16.6. The molecule has 5 heteroatoms. The van der Waals surface area contributed by atoms with Gasteiger partial charge in [0.25, 0.3) is 0 Å². The predicted molar refractivity (Wildman–Crippen MR) is 104 cm³/mol. The van der Waals surface area contributed by atoms with Crippen molar-refractivity contribution < 1.29 is 9.53 Å². The number of ether oxygens (including phenoxy) is 1. The van der Waals surface area contributed by atoms with Gasteiger partial charge in [-0.2, -0.15) is 0 Å². The van der Waals surface area contributed by atoms with Crippen LogP contribution >= 0.6 is 0 Å². The molecule has 2 N–H and O–H groups in total. The van der Waals surface area contributed by atoms with E-state index in [2.05, 4.69) is 16.7 Å². The maximum absolute atomic E-state index is 12.2. The van der Waals surface area contributed by atoms with Crippen molar-refractivity contribution in [1.29, 1.82) is 0 Å². The van der Waals surface area contributed by atoms with Gasteiger partial charge in [0.05, 0.1) is 11.7 Å². The van der Waals surface area contributed by atoms with Crippen molar-refractivity contribution in [1.82, 2.24) is 9.80 Å². The third-order valence-corrected chi connectivity index (χ3v) is 5.57. The summed E-state index contributed by atoms with van der Waals surface area (Å²) >= 11 is 0. The lowest BCUT2D eigenvalue weighted by Gasteiger charge is -2.40. The summed E-state index contributed by atoms with van der Waals surface area (Å²) in [6, 6.07) is 7.83. The quantitative estimate of drug-likeness (QED) is 0.438. The van der Waals surface area contributed by atoms with Crippen LogP contribution in [0.15, 0.2) is 24.3 Å². The minimum Gasteiger partial charge on any atom is -0.443 e. The SMILES string of the molecule is CCCCCC(N)OC(=O)c1ccc(CN2CCCN3CCCC32)cc1. The average Bonchev–Trinajstić information content (AvgIpc) is 3.12. The standard InChI is InChI=1S/C21H33N3O2/c1-2-3-4-7-19(22)26-21(25)18-11-9-17(10-12-18)16-24-15-6-14-23-13-5-8-20(23)24/h9-12,19-20H,2-8,13-16,22H2,1H3. The second-order valence-corrected chi connectivity index (χ2v) is 7.62. The Bertz CT molecular complexity index is 575. The number of carbonyl (C=O) groups excluding carboxylic acids is 1. The van der Waals surface area contributed by atoms with Gasteiger partial charge in [-0.05, 0) is 56.3 Å². The Morgan fingerprint density at radius 3 is 2.73 bits per heavy atom. The molecule has 5 nitrogen and oxygen atoms in total. The number of hydrogen-bond acceptors (Lipinski definition) is 5. The van der Waals surface area contributed by atoms with Gasteiger partial charge < -0.3 is 4.74 Å². The van der Waals surface area contributed by atoms with Gasteiger partial charge in [-0.25, -0.2) is 4.79 Å². The van der Waals surface area contributed by atoms with E-state index in [4.69, 9.17) is 10.5 Å². The van der Waals surface area contributed by atoms with Crippen LogP contribution < -0.4 is 5.73 Å². The third kappa shape index (κ3) is 5.06. The van der Waals surface area contributed by atoms with Gasteiger partial charge >= 0.3 is 5.97 Å². The van der Waals surface area contributed by atoms with E-state index in [0.29, 0.717) is 11.7 Å². The van der Waals surface area contributed by atoms with Crippen LogP contribution in [0.1, 0.15) is 67.8 Å². The van der Waals surface area contributed by atoms with Crippen molar-refractivity contribution in [3.8, 4) is 0 Å². The third-order valence-electron chi connectivity index (χ3n) is 5.57. The highest BCUT2D eigenvalue weighted by Gasteiger charge is 2.32. The summed E-state index contributed by atoms with van der Waals surface area (Å²) in [5, 5.41) is 0. The summed E-state index contributed by atoms with van der Waals surface area (Å²) in [4.78, 5) is 17.4. The van der Waals surface area contributed by atoms with E-state index < -0.39 is 6.23 Å². The lowest BCUT2D eigenvalue weighted by atomic mass is 10.1. The topological polar surface area (TPSA) is 58.8 Å². The highest BCUT2D eigenvalue weighted by molar-refractivity contribution is 5.89. The van der Waals surface area contributed by atoms with Gasteiger partial charge in [-0.3, -0.25) is 15.5 Å². The first-order chi connectivity index (χ1) is 12.7. The van der Waals surface area contributed by atoms with Crippen molar-refractivity contribution >= 4 is 5.97 Å². The minimum atomic E-state index is -0.504. The first-order valence-corrected chi connectivity index (χ1v) is 10.2. The molecule has 2 saturated heterocycles. The summed E-state index contributed by atoms with van der Waals surface area (Å²) in [6.07, 6.45) is 7.92. The van der Waals surface area contributed by atoms with Crippen molar-refractivity contribution in [2.75, 3.05) is 19.6 Å². The summed E-state index contributed by atoms with van der Waals surface area (Å²) in [5.41, 5.74) is 7.74. The first-order valence-electron chi connectivity index (χ1n) is 10.2. The van der Waals surface area contributed by atoms with Gasteiger partial charge in [0.15, 0.2) is 6.23 Å². The molecule has 0 radical (unpaired) electrons. The number of esters is 1. The van der Waals surface area contributed by atoms with Crippen molar-refractivity contribution in [2.24, 2.45) is 5.73 Å². The normalized spacial score (nSPS) is 22.2. The Balaban J connectivity index is 1.50. The van der Waals surface area contributed by atoms with Crippen LogP contribution in [0.25, 0.3) is 0 Å². The second-order valence-electron chi connectivity index (χ2n) is 7.62. The van der Waals surface area contributed by atoms with Gasteiger partial charge in [-0.1, -0.05) is 31.9 Å². The molecule has 2 aliphatic rings. The predicted octanol–water partition coefficient (Wildman–Crippen LogP) is 3.34. The van der Waals surface area contributed by atoms with E-state index in [1.165, 1.54) is 37.9 Å². The number of nitrogens with two attached hydrogens (primary N) is 1. The number of fused-ring (bicyclic) bond motifs is 1. The Morgan fingerprint density at radius 2 is 1.96 bits per heavy atom. The van der Waals surface area contributed by atoms with Crippen LogP contribution in [0.5, 0.6) is 0 Å². The second kappa shape index (κ2) is 9.49. The van der Waals surface area contributed by atoms with Crippen LogP contribution in [0, 0.1) is 0 Å². The summed E-state index contributed by atoms with van der Waals surface area (Å²) < 4.78 is 5.35. The van der Waals surface area contributed by atoms with Crippen LogP contribution in [-0.4, -0.2) is 47.8 Å². The number of unbranched alkanes of at least 4 members (excludes halogenated alkanes) is 2. The molecule has 144 valence electrons. The van der Waals surface area contributed by atoms with E-state index in [1.807, 2.05) is 24.3 Å². The van der Waals surface area contributed by atoms with Crippen LogP contribution in [-0.2, 0) is 11.3 Å². The zero-order valence-electron chi connectivity index (χ0n) is 16.0. The fourth-order valence-corrected chi connectivity index (χ4v) is 4.13. The molecule has 2 aliphatic heterocycles. The average molecular weight is 360 g/mol. The number of hydrogen-bond donors (Lipinski definition) is 1. The molecule has 2 unspecified atom stereocenters. The monoisotopic (exact) mass is 359 g/mol. The van der Waals surface area contributed by atoms with Crippen LogP contribution in [0.3, 0.4) is 0 Å². The molecule has 0 aliphatic carbocycles. The summed E-state index contributed by atoms with van der Waals surface area (Å²) in [7, 11) is 0. The van der Waals surface area contributed by atoms with Gasteiger partial charge in [0.1, 0.15) is 0 Å². The van der Waals surface area contributed by atoms with Crippen molar-refractivity contribution in [2.45, 2.75) is 70.8 Å². The molecule has 0 amide bonds. The molecule has 3 rings (SSSR count). The lowest BCUT2D eigenvalue weighted by molar-refractivity contribution is 0.0282. The van der Waals surface area contributed by atoms with E-state index >= 15 is 0 Å². The molecule has 1 aromatic carbocycles. The molecular formula is C21H33N3O2. The van der Waals surface area contributed by atoms with Crippen molar-refractivity contribution in [3.05, 3.63) is 35.4 Å². The van der Waals surface area contributed by atoms with Crippen LogP contribution in [0.2, 0.25) is 0 Å². The zero-order valence-corrected chi connectivity index (χ0v) is 16.0. The van der Waals surface area contributed by atoms with Gasteiger partial charge in [-0.15, -0.1) is 0 Å². The Kier molecular flexibility index (Phi) is 7.06. The molecule has 2 heterocycles. The maximum Gasteiger partial charge on any atom is 0.339 e. The minimum absolute atomic E-state index is 0.319. The number of carbonyl (C=O) groups is 1. The zero-order chi connectivity index (χ0) is 18.4. The summed E-state index contributed by atoms with van der Waals surface area (Å²) in [6.45, 7) is 6.74. The molecular weight excluding hydrogens is 326 g/mol. The Hall–Kier alpha value is -1.43. The van der Waals surface area contributed by atoms with E-state index in [-0.39, 0.29) is 5.97 Å². The first kappa shape index (κ1) is 19.3. The molecule has 0 aromatic heterocycles. The molecule has 2 atom stereocenters. The highest BCUT2D eigenvalue weighted by Crippen LogP contribution is 2.26. The lowest BCUT2D eigenvalue weighted by Crippen LogP contribution is -2.49. The van der Waals surface area contributed by atoms with E-state index in [1.54, 1.807) is 0 Å². The maximum atomic E-state index is 12.2. The number of benzene rings is 1.